The van der Waals surface area contributed by atoms with Gasteiger partial charge in [-0.2, -0.15) is 0 Å². The predicted molar refractivity (Wildman–Crippen MR) is 167 cm³/mol. The summed E-state index contributed by atoms with van der Waals surface area (Å²) in [5.74, 6) is -2.44. The molecule has 2 rings (SSSR count). The third kappa shape index (κ3) is 19.7. The van der Waals surface area contributed by atoms with Crippen LogP contribution in [0.25, 0.3) is 0 Å². The molecule has 2 aromatic carbocycles. The molecule has 0 fully saturated rings. The van der Waals surface area contributed by atoms with Crippen molar-refractivity contribution in [1.82, 2.24) is 10.6 Å². The lowest BCUT2D eigenvalue weighted by Crippen LogP contribution is -2.43. The Kier molecular flexibility index (Phi) is 20.5. The molecule has 2 amide bonds. The number of benzene rings is 2. The summed E-state index contributed by atoms with van der Waals surface area (Å²) in [5, 5.41) is 5.28. The van der Waals surface area contributed by atoms with Crippen molar-refractivity contribution in [3.63, 3.8) is 0 Å². The number of nitrogens with one attached hydrogen (secondary N) is 2. The van der Waals surface area contributed by atoms with Crippen LogP contribution >= 0.6 is 0 Å². The molecule has 1 atom stereocenters. The van der Waals surface area contributed by atoms with E-state index in [9.17, 15) is 24.0 Å². The number of rotatable bonds is 25. The van der Waals surface area contributed by atoms with Gasteiger partial charge in [0.05, 0.1) is 33.5 Å². The zero-order valence-electron chi connectivity index (χ0n) is 26.6. The second-order valence-electron chi connectivity index (χ2n) is 9.99. The van der Waals surface area contributed by atoms with E-state index in [4.69, 9.17) is 33.2 Å². The molecule has 14 nitrogen and oxygen atoms in total. The minimum Gasteiger partial charge on any atom is -0.467 e. The lowest BCUT2D eigenvalue weighted by atomic mass is 10.1. The van der Waals surface area contributed by atoms with Gasteiger partial charge in [-0.1, -0.05) is 60.7 Å². The van der Waals surface area contributed by atoms with Crippen LogP contribution in [-0.2, 0) is 70.3 Å². The first-order valence-corrected chi connectivity index (χ1v) is 15.2. The maximum atomic E-state index is 12.2. The summed E-state index contributed by atoms with van der Waals surface area (Å²) in [4.78, 5) is 59.7. The predicted octanol–water partition coefficient (Wildman–Crippen LogP) is 1.48. The van der Waals surface area contributed by atoms with E-state index in [2.05, 4.69) is 10.6 Å². The summed E-state index contributed by atoms with van der Waals surface area (Å²) in [6.45, 7) is 0.102. The van der Waals surface area contributed by atoms with Crippen molar-refractivity contribution < 1.29 is 57.1 Å². The van der Waals surface area contributed by atoms with Gasteiger partial charge in [0, 0.05) is 6.54 Å². The number of methoxy groups -OCH3 is 1. The highest BCUT2D eigenvalue weighted by atomic mass is 16.6. The van der Waals surface area contributed by atoms with Crippen LogP contribution in [0.5, 0.6) is 0 Å². The summed E-state index contributed by atoms with van der Waals surface area (Å²) < 4.78 is 35.9. The van der Waals surface area contributed by atoms with Crippen molar-refractivity contribution in [3.05, 3.63) is 71.8 Å². The Morgan fingerprint density at radius 3 is 1.57 bits per heavy atom. The average molecular weight is 661 g/mol. The molecule has 258 valence electrons. The number of hydrogen-bond donors (Lipinski definition) is 2. The van der Waals surface area contributed by atoms with E-state index < -0.39 is 29.9 Å². The largest absolute Gasteiger partial charge is 0.467 e. The van der Waals surface area contributed by atoms with E-state index in [1.807, 2.05) is 60.7 Å². The van der Waals surface area contributed by atoms with Gasteiger partial charge in [0.25, 0.3) is 0 Å². The molecule has 0 aliphatic rings. The zero-order chi connectivity index (χ0) is 34.0. The molecule has 0 unspecified atom stereocenters. The number of unbranched alkanes of at least 4 members (excludes halogenated alkanes) is 1. The molecular weight excluding hydrogens is 616 g/mol. The molecule has 0 radical (unpaired) electrons. The standard InChI is InChI=1S/C33H44N2O12/c1-41-33(40)28(35-30(37)23-43-17-19-45-25-32(39)47-21-27-12-6-3-7-13-27)14-8-9-15-34-29(36)22-42-16-18-44-24-31(38)46-20-26-10-4-2-5-11-26/h2-7,10-13,28H,8-9,14-25H2,1H3,(H,34,36)(H,35,37)/t28-/m0/s1. The van der Waals surface area contributed by atoms with Crippen LogP contribution < -0.4 is 10.6 Å². The Hall–Kier alpha value is -4.37. The van der Waals surface area contributed by atoms with Crippen molar-refractivity contribution in [1.29, 1.82) is 0 Å². The quantitative estimate of drug-likeness (QED) is 0.0894. The summed E-state index contributed by atoms with van der Waals surface area (Å²) in [6.07, 6.45) is 1.36. The number of hydrogen-bond acceptors (Lipinski definition) is 12. The second-order valence-corrected chi connectivity index (χ2v) is 9.99. The molecule has 47 heavy (non-hydrogen) atoms. The highest BCUT2D eigenvalue weighted by Gasteiger charge is 2.21. The molecule has 0 aliphatic heterocycles. The van der Waals surface area contributed by atoms with Gasteiger partial charge in [0.1, 0.15) is 45.7 Å². The lowest BCUT2D eigenvalue weighted by Gasteiger charge is -2.16. The molecule has 2 N–H and O–H groups in total. The molecular formula is C33H44N2O12. The van der Waals surface area contributed by atoms with Crippen LogP contribution in [0.1, 0.15) is 30.4 Å². The average Bonchev–Trinajstić information content (AvgIpc) is 3.09. The summed E-state index contributed by atoms with van der Waals surface area (Å²) >= 11 is 0. The molecule has 0 spiro atoms. The number of amides is 2. The zero-order valence-corrected chi connectivity index (χ0v) is 26.6. The highest BCUT2D eigenvalue weighted by molar-refractivity contribution is 5.85. The van der Waals surface area contributed by atoms with Gasteiger partial charge in [-0.3, -0.25) is 9.59 Å². The van der Waals surface area contributed by atoms with Gasteiger partial charge in [0.2, 0.25) is 11.8 Å². The van der Waals surface area contributed by atoms with Gasteiger partial charge in [-0.15, -0.1) is 0 Å². The summed E-state index contributed by atoms with van der Waals surface area (Å²) in [5.41, 5.74) is 1.74. The summed E-state index contributed by atoms with van der Waals surface area (Å²) in [7, 11) is 1.23. The highest BCUT2D eigenvalue weighted by Crippen LogP contribution is 2.04. The minimum absolute atomic E-state index is 0.0581. The Morgan fingerprint density at radius 1 is 0.617 bits per heavy atom. The Morgan fingerprint density at radius 2 is 1.09 bits per heavy atom. The number of esters is 3. The molecule has 0 bridgehead atoms. The van der Waals surface area contributed by atoms with Gasteiger partial charge in [-0.25, -0.2) is 14.4 Å². The fourth-order valence-corrected chi connectivity index (χ4v) is 3.82. The van der Waals surface area contributed by atoms with Crippen molar-refractivity contribution in [2.24, 2.45) is 0 Å². The SMILES string of the molecule is COC(=O)[C@H](CCCCNC(=O)COCCOCC(=O)OCc1ccccc1)NC(=O)COCCOCC(=O)OCc1ccccc1. The first-order valence-electron chi connectivity index (χ1n) is 15.2. The van der Waals surface area contributed by atoms with Crippen molar-refractivity contribution >= 4 is 29.7 Å². The number of carbonyl (C=O) groups excluding carboxylic acids is 5. The van der Waals surface area contributed by atoms with Crippen LogP contribution in [0.15, 0.2) is 60.7 Å². The van der Waals surface area contributed by atoms with Crippen LogP contribution in [0.3, 0.4) is 0 Å². The Labute approximate surface area is 274 Å². The lowest BCUT2D eigenvalue weighted by molar-refractivity contribution is -0.151. The fraction of sp³-hybridized carbons (Fsp3) is 0.485. The van der Waals surface area contributed by atoms with E-state index in [0.29, 0.717) is 25.8 Å². The topological polar surface area (TPSA) is 174 Å². The molecule has 0 saturated carbocycles. The van der Waals surface area contributed by atoms with E-state index in [-0.39, 0.29) is 72.0 Å². The minimum atomic E-state index is -0.874. The smallest absolute Gasteiger partial charge is 0.332 e. The van der Waals surface area contributed by atoms with Crippen molar-refractivity contribution in [2.45, 2.75) is 38.5 Å². The van der Waals surface area contributed by atoms with Crippen LogP contribution in [-0.4, -0.2) is 102 Å². The molecule has 2 aromatic rings. The maximum Gasteiger partial charge on any atom is 0.332 e. The van der Waals surface area contributed by atoms with Crippen molar-refractivity contribution in [3.8, 4) is 0 Å². The van der Waals surface area contributed by atoms with Crippen LogP contribution in [0.2, 0.25) is 0 Å². The van der Waals surface area contributed by atoms with Gasteiger partial charge in [-0.05, 0) is 30.4 Å². The first-order chi connectivity index (χ1) is 22.9. The van der Waals surface area contributed by atoms with Crippen LogP contribution in [0.4, 0.5) is 0 Å². The van der Waals surface area contributed by atoms with E-state index >= 15 is 0 Å². The Bertz CT molecular complexity index is 1200. The molecule has 0 heterocycles. The van der Waals surface area contributed by atoms with E-state index in [1.165, 1.54) is 7.11 Å². The fourth-order valence-electron chi connectivity index (χ4n) is 3.82. The van der Waals surface area contributed by atoms with Gasteiger partial charge in [0.15, 0.2) is 0 Å². The Balaban J connectivity index is 1.44. The molecule has 14 heteroatoms. The van der Waals surface area contributed by atoms with E-state index in [1.54, 1.807) is 0 Å². The van der Waals surface area contributed by atoms with Crippen molar-refractivity contribution in [2.75, 3.05) is 66.5 Å². The third-order valence-electron chi connectivity index (χ3n) is 6.20. The molecule has 0 aliphatic carbocycles. The first kappa shape index (κ1) is 38.8. The van der Waals surface area contributed by atoms with E-state index in [0.717, 1.165) is 11.1 Å². The molecule has 0 saturated heterocycles. The van der Waals surface area contributed by atoms with Gasteiger partial charge < -0.3 is 43.8 Å². The second kappa shape index (κ2) is 24.8. The third-order valence-corrected chi connectivity index (χ3v) is 6.20. The number of ether oxygens (including phenoxy) is 7. The normalized spacial score (nSPS) is 11.3. The maximum absolute atomic E-state index is 12.2. The van der Waals surface area contributed by atoms with Crippen LogP contribution in [0, 0.1) is 0 Å². The monoisotopic (exact) mass is 660 g/mol. The number of carbonyl (C=O) groups is 5. The van der Waals surface area contributed by atoms with Gasteiger partial charge >= 0.3 is 17.9 Å². The molecule has 0 aromatic heterocycles. The summed E-state index contributed by atoms with van der Waals surface area (Å²) in [6, 6.07) is 17.7.